The van der Waals surface area contributed by atoms with Crippen LogP contribution in [-0.4, -0.2) is 32.1 Å². The normalized spacial score (nSPS) is 14.9. The number of nitrogens with one attached hydrogen (secondary N) is 2. The van der Waals surface area contributed by atoms with Gasteiger partial charge in [-0.1, -0.05) is 30.3 Å². The summed E-state index contributed by atoms with van der Waals surface area (Å²) in [6.45, 7) is 1.10. The molecule has 0 atom stereocenters. The monoisotopic (exact) mass is 430 g/mol. The van der Waals surface area contributed by atoms with Crippen molar-refractivity contribution in [3.05, 3.63) is 90.0 Å². The number of methoxy groups -OCH3 is 1. The van der Waals surface area contributed by atoms with Crippen molar-refractivity contribution in [2.24, 2.45) is 0 Å². The van der Waals surface area contributed by atoms with Crippen LogP contribution in [0, 0.1) is 0 Å². The summed E-state index contributed by atoms with van der Waals surface area (Å²) in [5.74, 6) is 0.446. The molecule has 1 aliphatic rings. The molecule has 0 bridgehead atoms. The lowest BCUT2D eigenvalue weighted by Crippen LogP contribution is -2.44. The Morgan fingerprint density at radius 1 is 0.812 bits per heavy atom. The van der Waals surface area contributed by atoms with Gasteiger partial charge in [0.1, 0.15) is 5.75 Å². The Morgan fingerprint density at radius 3 is 2.03 bits per heavy atom. The quantitative estimate of drug-likeness (QED) is 0.598. The molecule has 0 spiro atoms. The average molecular weight is 431 g/mol. The Hall–Kier alpha value is -3.64. The summed E-state index contributed by atoms with van der Waals surface area (Å²) < 4.78 is 10.6. The van der Waals surface area contributed by atoms with E-state index in [0.717, 1.165) is 11.3 Å². The summed E-state index contributed by atoms with van der Waals surface area (Å²) in [5.41, 5.74) is 2.21. The number of amides is 2. The SMILES string of the molecule is COc1ccc(NC(=O)c2ccc(NC(=O)C3(c4ccccc4)CCOCC3)cc2)cc1. The van der Waals surface area contributed by atoms with Gasteiger partial charge in [0.2, 0.25) is 5.91 Å². The van der Waals surface area contributed by atoms with Crippen LogP contribution in [0.25, 0.3) is 0 Å². The first-order chi connectivity index (χ1) is 15.6. The Balaban J connectivity index is 1.45. The zero-order chi connectivity index (χ0) is 22.4. The van der Waals surface area contributed by atoms with E-state index < -0.39 is 5.41 Å². The van der Waals surface area contributed by atoms with Crippen LogP contribution in [0.4, 0.5) is 11.4 Å². The Bertz CT molecular complexity index is 1060. The molecule has 4 rings (SSSR count). The number of anilines is 2. The van der Waals surface area contributed by atoms with E-state index in [2.05, 4.69) is 10.6 Å². The molecule has 6 nitrogen and oxygen atoms in total. The summed E-state index contributed by atoms with van der Waals surface area (Å²) in [4.78, 5) is 25.9. The number of hydrogen-bond donors (Lipinski definition) is 2. The summed E-state index contributed by atoms with van der Waals surface area (Å²) >= 11 is 0. The Kier molecular flexibility index (Phi) is 6.52. The molecule has 1 fully saturated rings. The van der Waals surface area contributed by atoms with Crippen molar-refractivity contribution in [2.75, 3.05) is 31.0 Å². The third-order valence-corrected chi connectivity index (χ3v) is 5.86. The van der Waals surface area contributed by atoms with Gasteiger partial charge in [0.05, 0.1) is 12.5 Å². The van der Waals surface area contributed by atoms with E-state index >= 15 is 0 Å². The van der Waals surface area contributed by atoms with Crippen LogP contribution in [0.1, 0.15) is 28.8 Å². The first-order valence-electron chi connectivity index (χ1n) is 10.6. The van der Waals surface area contributed by atoms with Crippen LogP contribution in [0.5, 0.6) is 5.75 Å². The van der Waals surface area contributed by atoms with Gasteiger partial charge in [0.15, 0.2) is 0 Å². The second-order valence-corrected chi connectivity index (χ2v) is 7.77. The summed E-state index contributed by atoms with van der Waals surface area (Å²) in [6.07, 6.45) is 1.26. The van der Waals surface area contributed by atoms with Crippen LogP contribution in [0.3, 0.4) is 0 Å². The summed E-state index contributed by atoms with van der Waals surface area (Å²) in [7, 11) is 1.59. The van der Waals surface area contributed by atoms with Crippen LogP contribution in [0.2, 0.25) is 0 Å². The van der Waals surface area contributed by atoms with Gasteiger partial charge in [-0.2, -0.15) is 0 Å². The van der Waals surface area contributed by atoms with Crippen LogP contribution >= 0.6 is 0 Å². The first-order valence-corrected chi connectivity index (χ1v) is 10.6. The van der Waals surface area contributed by atoms with E-state index in [0.29, 0.717) is 43.0 Å². The standard InChI is InChI=1S/C26H26N2O4/c1-31-23-13-11-21(12-14-23)27-24(29)19-7-9-22(10-8-19)28-25(30)26(15-17-32-18-16-26)20-5-3-2-4-6-20/h2-14H,15-18H2,1H3,(H,27,29)(H,28,30). The van der Waals surface area contributed by atoms with Gasteiger partial charge in [-0.25, -0.2) is 0 Å². The highest BCUT2D eigenvalue weighted by molar-refractivity contribution is 6.05. The van der Waals surface area contributed by atoms with E-state index in [1.165, 1.54) is 0 Å². The van der Waals surface area contributed by atoms with Gasteiger partial charge in [-0.15, -0.1) is 0 Å². The van der Waals surface area contributed by atoms with E-state index in [1.54, 1.807) is 55.6 Å². The van der Waals surface area contributed by atoms with Crippen molar-refractivity contribution in [1.29, 1.82) is 0 Å². The summed E-state index contributed by atoms with van der Waals surface area (Å²) in [5, 5.41) is 5.89. The molecule has 0 saturated carbocycles. The molecule has 164 valence electrons. The summed E-state index contributed by atoms with van der Waals surface area (Å²) in [6, 6.07) is 23.9. The van der Waals surface area contributed by atoms with E-state index in [-0.39, 0.29) is 11.8 Å². The third kappa shape index (κ3) is 4.65. The molecular formula is C26H26N2O4. The minimum absolute atomic E-state index is 0.0533. The van der Waals surface area contributed by atoms with Crippen molar-refractivity contribution in [2.45, 2.75) is 18.3 Å². The van der Waals surface area contributed by atoms with Crippen molar-refractivity contribution in [3.8, 4) is 5.75 Å². The Labute approximate surface area is 187 Å². The van der Waals surface area contributed by atoms with Crippen LogP contribution in [0.15, 0.2) is 78.9 Å². The lowest BCUT2D eigenvalue weighted by atomic mass is 9.73. The van der Waals surface area contributed by atoms with Crippen molar-refractivity contribution in [1.82, 2.24) is 0 Å². The van der Waals surface area contributed by atoms with E-state index in [4.69, 9.17) is 9.47 Å². The van der Waals surface area contributed by atoms with Gasteiger partial charge >= 0.3 is 0 Å². The number of benzene rings is 3. The second-order valence-electron chi connectivity index (χ2n) is 7.77. The molecular weight excluding hydrogens is 404 g/mol. The fourth-order valence-electron chi connectivity index (χ4n) is 3.96. The minimum Gasteiger partial charge on any atom is -0.497 e. The lowest BCUT2D eigenvalue weighted by Gasteiger charge is -2.36. The maximum absolute atomic E-state index is 13.3. The zero-order valence-electron chi connectivity index (χ0n) is 18.0. The highest BCUT2D eigenvalue weighted by atomic mass is 16.5. The van der Waals surface area contributed by atoms with Gasteiger partial charge in [-0.05, 0) is 66.9 Å². The molecule has 3 aromatic carbocycles. The smallest absolute Gasteiger partial charge is 0.255 e. The van der Waals surface area contributed by atoms with Gasteiger partial charge in [0.25, 0.3) is 5.91 Å². The van der Waals surface area contributed by atoms with Crippen LogP contribution < -0.4 is 15.4 Å². The van der Waals surface area contributed by atoms with E-state index in [9.17, 15) is 9.59 Å². The molecule has 3 aromatic rings. The van der Waals surface area contributed by atoms with Crippen molar-refractivity contribution in [3.63, 3.8) is 0 Å². The van der Waals surface area contributed by atoms with E-state index in [1.807, 2.05) is 30.3 Å². The Morgan fingerprint density at radius 2 is 1.41 bits per heavy atom. The fourth-order valence-corrected chi connectivity index (χ4v) is 3.96. The van der Waals surface area contributed by atoms with Crippen molar-refractivity contribution < 1.29 is 19.1 Å². The highest BCUT2D eigenvalue weighted by Crippen LogP contribution is 2.36. The largest absolute Gasteiger partial charge is 0.497 e. The number of hydrogen-bond acceptors (Lipinski definition) is 4. The van der Waals surface area contributed by atoms with Gasteiger partial charge in [0, 0.05) is 30.2 Å². The van der Waals surface area contributed by atoms with Gasteiger partial charge in [-0.3, -0.25) is 9.59 Å². The molecule has 0 aromatic heterocycles. The van der Waals surface area contributed by atoms with Gasteiger partial charge < -0.3 is 20.1 Å². The molecule has 0 aliphatic carbocycles. The van der Waals surface area contributed by atoms with Crippen molar-refractivity contribution >= 4 is 23.2 Å². The average Bonchev–Trinajstić information content (AvgIpc) is 2.86. The highest BCUT2D eigenvalue weighted by Gasteiger charge is 2.41. The topological polar surface area (TPSA) is 76.7 Å². The predicted molar refractivity (Wildman–Crippen MR) is 124 cm³/mol. The number of carbonyl (C=O) groups excluding carboxylic acids is 2. The third-order valence-electron chi connectivity index (χ3n) is 5.86. The molecule has 1 heterocycles. The molecule has 1 saturated heterocycles. The number of ether oxygens (including phenoxy) is 2. The molecule has 2 N–H and O–H groups in total. The molecule has 0 radical (unpaired) electrons. The molecule has 32 heavy (non-hydrogen) atoms. The first kappa shape index (κ1) is 21.6. The maximum atomic E-state index is 13.3. The zero-order valence-corrected chi connectivity index (χ0v) is 18.0. The number of rotatable bonds is 6. The second kappa shape index (κ2) is 9.66. The molecule has 1 aliphatic heterocycles. The fraction of sp³-hybridized carbons (Fsp3) is 0.231. The van der Waals surface area contributed by atoms with Crippen LogP contribution in [-0.2, 0) is 14.9 Å². The molecule has 2 amide bonds. The molecule has 0 unspecified atom stereocenters. The maximum Gasteiger partial charge on any atom is 0.255 e. The minimum atomic E-state index is -0.621. The predicted octanol–water partition coefficient (Wildman–Crippen LogP) is 4.63. The number of carbonyl (C=O) groups is 2. The molecule has 6 heteroatoms. The lowest BCUT2D eigenvalue weighted by molar-refractivity contribution is -0.125.